The largest absolute Gasteiger partial charge is 0.497 e. The van der Waals surface area contributed by atoms with Crippen molar-refractivity contribution in [3.05, 3.63) is 42.2 Å². The van der Waals surface area contributed by atoms with Gasteiger partial charge in [0.1, 0.15) is 11.5 Å². The lowest BCUT2D eigenvalue weighted by molar-refractivity contribution is 0.414. The van der Waals surface area contributed by atoms with Crippen molar-refractivity contribution in [3.63, 3.8) is 0 Å². The van der Waals surface area contributed by atoms with E-state index in [0.717, 1.165) is 23.6 Å². The summed E-state index contributed by atoms with van der Waals surface area (Å²) in [6.45, 7) is 5.06. The Bertz CT molecular complexity index is 489. The maximum atomic E-state index is 5.47. The minimum absolute atomic E-state index is 0.445. The second-order valence-electron chi connectivity index (χ2n) is 4.54. The predicted octanol–water partition coefficient (Wildman–Crippen LogP) is 3.45. The zero-order valence-corrected chi connectivity index (χ0v) is 11.1. The third kappa shape index (κ3) is 2.93. The lowest BCUT2D eigenvalue weighted by Gasteiger charge is -2.13. The number of methoxy groups -OCH3 is 1. The van der Waals surface area contributed by atoms with Crippen LogP contribution < -0.4 is 10.1 Å². The van der Waals surface area contributed by atoms with Gasteiger partial charge in [-0.1, -0.05) is 13.8 Å². The van der Waals surface area contributed by atoms with Crippen molar-refractivity contribution in [1.82, 2.24) is 5.32 Å². The molecule has 0 bridgehead atoms. The molecule has 0 aliphatic carbocycles. The Labute approximate surface area is 108 Å². The van der Waals surface area contributed by atoms with E-state index in [4.69, 9.17) is 9.15 Å². The number of rotatable bonds is 5. The molecule has 1 N–H and O–H groups in total. The van der Waals surface area contributed by atoms with Gasteiger partial charge in [-0.25, -0.2) is 0 Å². The quantitative estimate of drug-likeness (QED) is 0.876. The van der Waals surface area contributed by atoms with Crippen LogP contribution in [0.3, 0.4) is 0 Å². The Balaban J connectivity index is 2.32. The van der Waals surface area contributed by atoms with Gasteiger partial charge in [-0.2, -0.15) is 0 Å². The molecule has 0 atom stereocenters. The molecular formula is C15H19NO2. The summed E-state index contributed by atoms with van der Waals surface area (Å²) >= 11 is 0. The highest BCUT2D eigenvalue weighted by atomic mass is 16.5. The van der Waals surface area contributed by atoms with E-state index < -0.39 is 0 Å². The summed E-state index contributed by atoms with van der Waals surface area (Å²) in [6.07, 6.45) is 1.69. The molecule has 0 unspecified atom stereocenters. The van der Waals surface area contributed by atoms with Gasteiger partial charge in [-0.3, -0.25) is 0 Å². The normalized spacial score (nSPS) is 10.9. The molecule has 2 rings (SSSR count). The van der Waals surface area contributed by atoms with Gasteiger partial charge >= 0.3 is 0 Å². The maximum absolute atomic E-state index is 5.47. The molecule has 0 aliphatic heterocycles. The number of nitrogens with one attached hydrogen (secondary N) is 1. The van der Waals surface area contributed by atoms with Gasteiger partial charge in [0.2, 0.25) is 0 Å². The fraction of sp³-hybridized carbons (Fsp3) is 0.333. The minimum atomic E-state index is 0.445. The van der Waals surface area contributed by atoms with Crippen LogP contribution in [0.1, 0.15) is 19.4 Å². The van der Waals surface area contributed by atoms with Gasteiger partial charge in [-0.05, 0) is 35.9 Å². The van der Waals surface area contributed by atoms with Crippen LogP contribution in [-0.4, -0.2) is 13.2 Å². The van der Waals surface area contributed by atoms with Crippen molar-refractivity contribution in [1.29, 1.82) is 0 Å². The van der Waals surface area contributed by atoms with E-state index in [1.165, 1.54) is 5.56 Å². The molecular weight excluding hydrogens is 226 g/mol. The van der Waals surface area contributed by atoms with Gasteiger partial charge in [0.05, 0.1) is 13.4 Å². The van der Waals surface area contributed by atoms with Crippen LogP contribution in [0.15, 0.2) is 41.0 Å². The van der Waals surface area contributed by atoms with Crippen LogP contribution in [0, 0.1) is 0 Å². The molecule has 1 aromatic carbocycles. The monoisotopic (exact) mass is 245 g/mol. The summed E-state index contributed by atoms with van der Waals surface area (Å²) < 4.78 is 10.7. The topological polar surface area (TPSA) is 34.4 Å². The SMILES string of the molecule is COc1ccc(-c2ccco2)c(CNC(C)C)c1. The molecule has 1 heterocycles. The molecule has 96 valence electrons. The predicted molar refractivity (Wildman–Crippen MR) is 72.7 cm³/mol. The molecule has 3 nitrogen and oxygen atoms in total. The third-order valence-corrected chi connectivity index (χ3v) is 2.80. The van der Waals surface area contributed by atoms with E-state index in [1.807, 2.05) is 30.3 Å². The lowest BCUT2D eigenvalue weighted by atomic mass is 10.0. The fourth-order valence-electron chi connectivity index (χ4n) is 1.83. The Kier molecular flexibility index (Phi) is 4.05. The van der Waals surface area contributed by atoms with Crippen molar-refractivity contribution in [2.45, 2.75) is 26.4 Å². The Morgan fingerprint density at radius 1 is 1.28 bits per heavy atom. The maximum Gasteiger partial charge on any atom is 0.134 e. The first-order chi connectivity index (χ1) is 8.70. The lowest BCUT2D eigenvalue weighted by Crippen LogP contribution is -2.22. The molecule has 0 saturated heterocycles. The molecule has 2 aromatic rings. The summed E-state index contributed by atoms with van der Waals surface area (Å²) in [6, 6.07) is 10.4. The van der Waals surface area contributed by atoms with Crippen molar-refractivity contribution in [2.24, 2.45) is 0 Å². The van der Waals surface area contributed by atoms with Gasteiger partial charge in [0.25, 0.3) is 0 Å². The number of ether oxygens (including phenoxy) is 1. The Hall–Kier alpha value is -1.74. The molecule has 0 aliphatic rings. The highest BCUT2D eigenvalue weighted by molar-refractivity contribution is 5.63. The van der Waals surface area contributed by atoms with Crippen molar-refractivity contribution >= 4 is 0 Å². The molecule has 0 saturated carbocycles. The summed E-state index contributed by atoms with van der Waals surface area (Å²) in [5.74, 6) is 1.75. The first-order valence-corrected chi connectivity index (χ1v) is 6.15. The fourth-order valence-corrected chi connectivity index (χ4v) is 1.83. The Morgan fingerprint density at radius 2 is 2.11 bits per heavy atom. The van der Waals surface area contributed by atoms with E-state index in [9.17, 15) is 0 Å². The van der Waals surface area contributed by atoms with Crippen molar-refractivity contribution < 1.29 is 9.15 Å². The van der Waals surface area contributed by atoms with Crippen molar-refractivity contribution in [3.8, 4) is 17.1 Å². The highest BCUT2D eigenvalue weighted by Crippen LogP contribution is 2.27. The van der Waals surface area contributed by atoms with E-state index in [2.05, 4.69) is 19.2 Å². The van der Waals surface area contributed by atoms with Crippen LogP contribution in [0.4, 0.5) is 0 Å². The summed E-state index contributed by atoms with van der Waals surface area (Å²) in [7, 11) is 1.68. The average Bonchev–Trinajstić information content (AvgIpc) is 2.89. The minimum Gasteiger partial charge on any atom is -0.497 e. The second-order valence-corrected chi connectivity index (χ2v) is 4.54. The second kappa shape index (κ2) is 5.74. The number of furan rings is 1. The standard InChI is InChI=1S/C15H19NO2/c1-11(2)16-10-12-9-13(17-3)6-7-14(12)15-5-4-8-18-15/h4-9,11,16H,10H2,1-3H3. The molecule has 18 heavy (non-hydrogen) atoms. The average molecular weight is 245 g/mol. The molecule has 0 fully saturated rings. The summed E-state index contributed by atoms with van der Waals surface area (Å²) in [5.41, 5.74) is 2.28. The molecule has 0 spiro atoms. The van der Waals surface area contributed by atoms with Crippen molar-refractivity contribution in [2.75, 3.05) is 7.11 Å². The molecule has 0 amide bonds. The van der Waals surface area contributed by atoms with Crippen LogP contribution >= 0.6 is 0 Å². The van der Waals surface area contributed by atoms with Crippen LogP contribution in [0.25, 0.3) is 11.3 Å². The summed E-state index contributed by atoms with van der Waals surface area (Å²) in [4.78, 5) is 0. The zero-order chi connectivity index (χ0) is 13.0. The van der Waals surface area contributed by atoms with Crippen LogP contribution in [-0.2, 0) is 6.54 Å². The first kappa shape index (κ1) is 12.7. The molecule has 3 heteroatoms. The molecule has 1 aromatic heterocycles. The van der Waals surface area contributed by atoms with Gasteiger partial charge in [0, 0.05) is 18.2 Å². The number of benzene rings is 1. The third-order valence-electron chi connectivity index (χ3n) is 2.80. The summed E-state index contributed by atoms with van der Waals surface area (Å²) in [5, 5.41) is 3.42. The number of hydrogen-bond acceptors (Lipinski definition) is 3. The van der Waals surface area contributed by atoms with Gasteiger partial charge in [-0.15, -0.1) is 0 Å². The van der Waals surface area contributed by atoms with E-state index in [1.54, 1.807) is 13.4 Å². The van der Waals surface area contributed by atoms with E-state index >= 15 is 0 Å². The van der Waals surface area contributed by atoms with E-state index in [0.29, 0.717) is 6.04 Å². The smallest absolute Gasteiger partial charge is 0.134 e. The first-order valence-electron chi connectivity index (χ1n) is 6.15. The van der Waals surface area contributed by atoms with Gasteiger partial charge < -0.3 is 14.5 Å². The number of hydrogen-bond donors (Lipinski definition) is 1. The highest BCUT2D eigenvalue weighted by Gasteiger charge is 2.09. The van der Waals surface area contributed by atoms with Crippen LogP contribution in [0.5, 0.6) is 5.75 Å². The van der Waals surface area contributed by atoms with E-state index in [-0.39, 0.29) is 0 Å². The van der Waals surface area contributed by atoms with Gasteiger partial charge in [0.15, 0.2) is 0 Å². The zero-order valence-electron chi connectivity index (χ0n) is 11.1. The molecule has 0 radical (unpaired) electrons. The Morgan fingerprint density at radius 3 is 2.72 bits per heavy atom. The van der Waals surface area contributed by atoms with Crippen LogP contribution in [0.2, 0.25) is 0 Å².